The highest BCUT2D eigenvalue weighted by atomic mass is 35.5. The number of fused-ring (bicyclic) bond motifs is 1. The van der Waals surface area contributed by atoms with Crippen LogP contribution in [0.2, 0.25) is 10.0 Å². The topological polar surface area (TPSA) is 44.1 Å². The fourth-order valence-electron chi connectivity index (χ4n) is 3.82. The van der Waals surface area contributed by atoms with E-state index in [9.17, 15) is 13.6 Å². The van der Waals surface area contributed by atoms with Crippen LogP contribution in [0, 0.1) is 12.8 Å². The van der Waals surface area contributed by atoms with E-state index in [0.717, 1.165) is 6.92 Å². The molecule has 31 heavy (non-hydrogen) atoms. The van der Waals surface area contributed by atoms with E-state index in [1.165, 1.54) is 12.1 Å². The van der Waals surface area contributed by atoms with Crippen LogP contribution in [0.25, 0.3) is 11.0 Å². The van der Waals surface area contributed by atoms with Crippen LogP contribution in [0.5, 0.6) is 0 Å². The van der Waals surface area contributed by atoms with Gasteiger partial charge in [-0.1, -0.05) is 23.2 Å². The summed E-state index contributed by atoms with van der Waals surface area (Å²) in [5.74, 6) is -2.16. The standard InChI is InChI=1S/C23H22Cl2F2N2O2/c1-12-6-14(23(2,26)27)8-18-22(12)28-20(29(18)3)9-16-17(24)5-4-15(21(16)25)19(30)7-13-10-31-11-13/h4-6,8,13H,7,9-11H2,1-3H3. The molecule has 0 unspecified atom stereocenters. The molecule has 0 spiro atoms. The number of hydrogen-bond acceptors (Lipinski definition) is 3. The lowest BCUT2D eigenvalue weighted by Crippen LogP contribution is -2.29. The van der Waals surface area contributed by atoms with Crippen LogP contribution in [-0.4, -0.2) is 28.5 Å². The highest BCUT2D eigenvalue weighted by Crippen LogP contribution is 2.34. The first-order valence-corrected chi connectivity index (χ1v) is 10.7. The molecule has 4 rings (SSSR count). The van der Waals surface area contributed by atoms with Crippen LogP contribution in [0.15, 0.2) is 24.3 Å². The molecule has 1 aromatic heterocycles. The maximum absolute atomic E-state index is 13.9. The van der Waals surface area contributed by atoms with Crippen molar-refractivity contribution in [3.05, 3.63) is 62.4 Å². The number of aryl methyl sites for hydroxylation is 2. The first-order chi connectivity index (χ1) is 14.6. The summed E-state index contributed by atoms with van der Waals surface area (Å²) in [6.07, 6.45) is 0.647. The zero-order valence-corrected chi connectivity index (χ0v) is 18.9. The summed E-state index contributed by atoms with van der Waals surface area (Å²) in [6.45, 7) is 3.81. The van der Waals surface area contributed by atoms with Crippen molar-refractivity contribution in [1.82, 2.24) is 9.55 Å². The predicted molar refractivity (Wildman–Crippen MR) is 118 cm³/mol. The molecule has 0 bridgehead atoms. The molecule has 0 aliphatic carbocycles. The Hall–Kier alpha value is -2.02. The smallest absolute Gasteiger partial charge is 0.270 e. The molecule has 0 atom stereocenters. The van der Waals surface area contributed by atoms with E-state index < -0.39 is 5.92 Å². The van der Waals surface area contributed by atoms with Crippen LogP contribution in [0.1, 0.15) is 46.2 Å². The molecule has 3 aromatic rings. The Labute approximate surface area is 189 Å². The lowest BCUT2D eigenvalue weighted by molar-refractivity contribution is -0.0321. The molecule has 0 saturated carbocycles. The molecular formula is C23H22Cl2F2N2O2. The van der Waals surface area contributed by atoms with E-state index in [1.54, 1.807) is 30.7 Å². The molecule has 164 valence electrons. The maximum atomic E-state index is 13.9. The third-order valence-electron chi connectivity index (χ3n) is 5.78. The Morgan fingerprint density at radius 1 is 1.29 bits per heavy atom. The summed E-state index contributed by atoms with van der Waals surface area (Å²) in [6, 6.07) is 6.23. The van der Waals surface area contributed by atoms with Crippen molar-refractivity contribution in [2.45, 2.75) is 32.6 Å². The third-order valence-corrected chi connectivity index (χ3v) is 6.56. The summed E-state index contributed by atoms with van der Waals surface area (Å²) in [5, 5.41) is 0.736. The second-order valence-electron chi connectivity index (χ2n) is 8.23. The average molecular weight is 467 g/mol. The summed E-state index contributed by atoms with van der Waals surface area (Å²) in [7, 11) is 1.77. The summed E-state index contributed by atoms with van der Waals surface area (Å²) >= 11 is 13.0. The van der Waals surface area contributed by atoms with E-state index in [0.29, 0.717) is 63.2 Å². The van der Waals surface area contributed by atoms with Crippen molar-refractivity contribution in [3.63, 3.8) is 0 Å². The van der Waals surface area contributed by atoms with Gasteiger partial charge in [0.15, 0.2) is 5.78 Å². The minimum absolute atomic E-state index is 0.0492. The monoisotopic (exact) mass is 466 g/mol. The lowest BCUT2D eigenvalue weighted by atomic mass is 9.95. The van der Waals surface area contributed by atoms with Gasteiger partial charge in [0.25, 0.3) is 5.92 Å². The van der Waals surface area contributed by atoms with Crippen molar-refractivity contribution in [1.29, 1.82) is 0 Å². The van der Waals surface area contributed by atoms with Gasteiger partial charge in [-0.2, -0.15) is 0 Å². The number of aromatic nitrogens is 2. The molecule has 4 nitrogen and oxygen atoms in total. The summed E-state index contributed by atoms with van der Waals surface area (Å²) < 4.78 is 34.7. The number of hydrogen-bond donors (Lipinski definition) is 0. The fourth-order valence-corrected chi connectivity index (χ4v) is 4.43. The first kappa shape index (κ1) is 22.2. The van der Waals surface area contributed by atoms with Crippen molar-refractivity contribution < 1.29 is 18.3 Å². The van der Waals surface area contributed by atoms with Gasteiger partial charge in [0.1, 0.15) is 5.82 Å². The number of ketones is 1. The van der Waals surface area contributed by atoms with Crippen LogP contribution < -0.4 is 0 Å². The number of nitrogens with zero attached hydrogens (tertiary/aromatic N) is 2. The second kappa shape index (κ2) is 8.15. The quantitative estimate of drug-likeness (QED) is 0.411. The van der Waals surface area contributed by atoms with Crippen LogP contribution in [-0.2, 0) is 24.1 Å². The maximum Gasteiger partial charge on any atom is 0.270 e. The van der Waals surface area contributed by atoms with E-state index in [1.807, 2.05) is 0 Å². The second-order valence-corrected chi connectivity index (χ2v) is 9.02. The molecule has 0 radical (unpaired) electrons. The van der Waals surface area contributed by atoms with Gasteiger partial charge in [-0.3, -0.25) is 4.79 Å². The number of rotatable bonds is 6. The number of imidazole rings is 1. The van der Waals surface area contributed by atoms with Crippen LogP contribution >= 0.6 is 23.2 Å². The Morgan fingerprint density at radius 2 is 2.00 bits per heavy atom. The lowest BCUT2D eigenvalue weighted by Gasteiger charge is -2.25. The zero-order valence-electron chi connectivity index (χ0n) is 17.4. The molecular weight excluding hydrogens is 445 g/mol. The number of ether oxygens (including phenoxy) is 1. The number of halogens is 4. The van der Waals surface area contributed by atoms with Gasteiger partial charge in [0.05, 0.1) is 29.3 Å². The summed E-state index contributed by atoms with van der Waals surface area (Å²) in [5.41, 5.74) is 2.88. The van der Waals surface area contributed by atoms with Gasteiger partial charge in [-0.25, -0.2) is 13.8 Å². The van der Waals surface area contributed by atoms with Gasteiger partial charge >= 0.3 is 0 Å². The van der Waals surface area contributed by atoms with Crippen molar-refractivity contribution in [2.24, 2.45) is 13.0 Å². The third kappa shape index (κ3) is 4.21. The molecule has 0 N–H and O–H groups in total. The number of alkyl halides is 2. The van der Waals surface area contributed by atoms with Crippen LogP contribution in [0.4, 0.5) is 8.78 Å². The predicted octanol–water partition coefficient (Wildman–Crippen LogP) is 6.11. The van der Waals surface area contributed by atoms with Crippen molar-refractivity contribution in [2.75, 3.05) is 13.2 Å². The molecule has 1 aliphatic rings. The summed E-state index contributed by atoms with van der Waals surface area (Å²) in [4.78, 5) is 17.4. The Balaban J connectivity index is 1.72. The van der Waals surface area contributed by atoms with Gasteiger partial charge in [-0.05, 0) is 42.3 Å². The SMILES string of the molecule is Cc1cc(C(C)(F)F)cc2c1nc(Cc1c(Cl)ccc(C(=O)CC3COC3)c1Cl)n2C. The number of carbonyl (C=O) groups excluding carboxylic acids is 1. The highest BCUT2D eigenvalue weighted by Gasteiger charge is 2.27. The highest BCUT2D eigenvalue weighted by molar-refractivity contribution is 6.38. The van der Waals surface area contributed by atoms with E-state index in [2.05, 4.69) is 4.98 Å². The minimum Gasteiger partial charge on any atom is -0.381 e. The zero-order chi connectivity index (χ0) is 22.5. The van der Waals surface area contributed by atoms with E-state index in [4.69, 9.17) is 27.9 Å². The molecule has 0 amide bonds. The number of benzene rings is 2. The average Bonchev–Trinajstić information content (AvgIpc) is 2.97. The number of Topliss-reactive ketones (excluding diaryl/α,β-unsaturated/α-hetero) is 1. The largest absolute Gasteiger partial charge is 0.381 e. The molecule has 1 fully saturated rings. The minimum atomic E-state index is -2.95. The van der Waals surface area contributed by atoms with Gasteiger partial charge < -0.3 is 9.30 Å². The first-order valence-electron chi connectivity index (χ1n) is 9.98. The molecule has 1 aliphatic heterocycles. The number of carbonyl (C=O) groups is 1. The Morgan fingerprint density at radius 3 is 2.61 bits per heavy atom. The molecule has 8 heteroatoms. The van der Waals surface area contributed by atoms with Gasteiger partial charge in [0.2, 0.25) is 0 Å². The van der Waals surface area contributed by atoms with Crippen molar-refractivity contribution in [3.8, 4) is 0 Å². The van der Waals surface area contributed by atoms with Crippen molar-refractivity contribution >= 4 is 40.0 Å². The van der Waals surface area contributed by atoms with E-state index in [-0.39, 0.29) is 23.7 Å². The molecule has 1 saturated heterocycles. The van der Waals surface area contributed by atoms with Crippen LogP contribution in [0.3, 0.4) is 0 Å². The molecule has 2 heterocycles. The Kier molecular flexibility index (Phi) is 5.83. The van der Waals surface area contributed by atoms with Gasteiger partial charge in [0, 0.05) is 48.9 Å². The Bertz CT molecular complexity index is 1180. The fraction of sp³-hybridized carbons (Fsp3) is 0.391. The molecule has 2 aromatic carbocycles. The van der Waals surface area contributed by atoms with E-state index >= 15 is 0 Å². The van der Waals surface area contributed by atoms with Gasteiger partial charge in [-0.15, -0.1) is 0 Å². The normalized spacial score (nSPS) is 14.8.